The second kappa shape index (κ2) is 9.26. The zero-order valence-corrected chi connectivity index (χ0v) is 15.7. The second-order valence-corrected chi connectivity index (χ2v) is 6.50. The largest absolute Gasteiger partial charge is 0.704 e. The van der Waals surface area contributed by atoms with Crippen molar-refractivity contribution in [2.45, 2.75) is 39.8 Å². The molecule has 28 heavy (non-hydrogen) atoms. The minimum absolute atomic E-state index is 0.132. The van der Waals surface area contributed by atoms with Gasteiger partial charge in [-0.15, -0.1) is 0 Å². The van der Waals surface area contributed by atoms with E-state index in [-0.39, 0.29) is 22.5 Å². The lowest BCUT2D eigenvalue weighted by molar-refractivity contribution is 0.0105. The third kappa shape index (κ3) is 4.57. The van der Waals surface area contributed by atoms with E-state index in [4.69, 9.17) is 0 Å². The van der Waals surface area contributed by atoms with Gasteiger partial charge < -0.3 is 20.4 Å². The summed E-state index contributed by atoms with van der Waals surface area (Å²) >= 11 is 0. The summed E-state index contributed by atoms with van der Waals surface area (Å²) in [4.78, 5) is 7.42. The number of aromatic hydroxyl groups is 2. The van der Waals surface area contributed by atoms with Crippen LogP contribution in [0.5, 0.6) is 11.5 Å². The summed E-state index contributed by atoms with van der Waals surface area (Å²) in [6.07, 6.45) is -2.96. The van der Waals surface area contributed by atoms with Gasteiger partial charge in [-0.2, -0.15) is 0 Å². The normalized spacial score (nSPS) is 14.0. The molecule has 0 fully saturated rings. The molecule has 2 heterocycles. The molecule has 0 radical (unpaired) electrons. The number of hydrogen-bond donors (Lipinski definition) is 4. The summed E-state index contributed by atoms with van der Waals surface area (Å²) in [5.74, 6) is -0.917. The van der Waals surface area contributed by atoms with Gasteiger partial charge in [-0.3, -0.25) is 9.97 Å². The van der Waals surface area contributed by atoms with Crippen LogP contribution in [0.2, 0.25) is 0 Å². The molecule has 12 heteroatoms. The van der Waals surface area contributed by atoms with Crippen molar-refractivity contribution >= 4 is 8.25 Å². The number of aliphatic hydroxyl groups excluding tert-OH is 2. The lowest BCUT2D eigenvalue weighted by atomic mass is 10.1. The van der Waals surface area contributed by atoms with Gasteiger partial charge >= 0.3 is 8.25 Å². The number of halogens is 2. The van der Waals surface area contributed by atoms with Gasteiger partial charge in [-0.05, 0) is 13.8 Å². The summed E-state index contributed by atoms with van der Waals surface area (Å²) < 4.78 is 49.4. The standard InChI is InChI=1S/C16H17F2N2O7P/c1-7-13(23)11(5-21)9(3-19-7)15(17)26-28(25)27-16(18)10-4-20-8(2)14(24)12(10)6-22/h3-4,15-16,21-22H,5-6H2,1-2H3,(H-,23,24)/p+1. The van der Waals surface area contributed by atoms with Crippen LogP contribution in [0.15, 0.2) is 12.4 Å². The van der Waals surface area contributed by atoms with Gasteiger partial charge in [0.2, 0.25) is 0 Å². The monoisotopic (exact) mass is 419 g/mol. The topological polar surface area (TPSA) is 142 Å². The van der Waals surface area contributed by atoms with Crippen molar-refractivity contribution in [1.29, 1.82) is 0 Å². The quantitative estimate of drug-likeness (QED) is 0.475. The summed E-state index contributed by atoms with van der Waals surface area (Å²) in [6, 6.07) is 0. The second-order valence-electron chi connectivity index (χ2n) is 5.63. The van der Waals surface area contributed by atoms with Crippen molar-refractivity contribution in [2.75, 3.05) is 0 Å². The van der Waals surface area contributed by atoms with Crippen LogP contribution in [-0.2, 0) is 26.8 Å². The Bertz CT molecular complexity index is 815. The van der Waals surface area contributed by atoms with Crippen molar-refractivity contribution in [3.8, 4) is 11.5 Å². The van der Waals surface area contributed by atoms with Gasteiger partial charge in [-0.1, -0.05) is 9.05 Å². The third-order valence-electron chi connectivity index (χ3n) is 3.91. The van der Waals surface area contributed by atoms with Gasteiger partial charge in [0.05, 0.1) is 24.6 Å². The van der Waals surface area contributed by atoms with Crippen molar-refractivity contribution in [3.05, 3.63) is 46.0 Å². The van der Waals surface area contributed by atoms with Crippen LogP contribution in [0.3, 0.4) is 0 Å². The Hall–Kier alpha value is -2.30. The number of pyridine rings is 2. The van der Waals surface area contributed by atoms with E-state index < -0.39 is 56.8 Å². The number of aryl methyl sites for hydroxylation is 2. The average molecular weight is 419 g/mol. The minimum Gasteiger partial charge on any atom is -0.506 e. The highest BCUT2D eigenvalue weighted by Crippen LogP contribution is 2.42. The highest BCUT2D eigenvalue weighted by molar-refractivity contribution is 7.33. The first-order chi connectivity index (χ1) is 13.2. The molecular formula is C16H18F2N2O7P+. The fourth-order valence-electron chi connectivity index (χ4n) is 2.33. The maximum absolute atomic E-state index is 14.3. The number of nitrogens with zero attached hydrogens (tertiary/aromatic N) is 2. The Morgan fingerprint density at radius 1 is 0.929 bits per heavy atom. The van der Waals surface area contributed by atoms with E-state index in [2.05, 4.69) is 19.0 Å². The molecule has 4 N–H and O–H groups in total. The summed E-state index contributed by atoms with van der Waals surface area (Å²) in [7, 11) is -3.36. The molecule has 0 bridgehead atoms. The van der Waals surface area contributed by atoms with E-state index in [9.17, 15) is 33.8 Å². The zero-order chi connectivity index (χ0) is 21.0. The molecule has 0 spiro atoms. The first-order valence-corrected chi connectivity index (χ1v) is 8.96. The molecule has 0 aliphatic rings. The predicted octanol–water partition coefficient (Wildman–Crippen LogP) is 2.82. The van der Waals surface area contributed by atoms with Crippen molar-refractivity contribution in [2.24, 2.45) is 0 Å². The highest BCUT2D eigenvalue weighted by atomic mass is 31.1. The number of alkyl halides is 2. The molecule has 2 rings (SSSR count). The Morgan fingerprint density at radius 2 is 1.29 bits per heavy atom. The van der Waals surface area contributed by atoms with Gasteiger partial charge in [-0.25, -0.2) is 8.78 Å². The maximum atomic E-state index is 14.3. The summed E-state index contributed by atoms with van der Waals surface area (Å²) in [6.45, 7) is 1.36. The number of hydrogen-bond acceptors (Lipinski definition) is 9. The summed E-state index contributed by atoms with van der Waals surface area (Å²) in [5, 5.41) is 38.2. The predicted molar refractivity (Wildman–Crippen MR) is 90.6 cm³/mol. The molecule has 0 aliphatic heterocycles. The van der Waals surface area contributed by atoms with Crippen molar-refractivity contribution in [1.82, 2.24) is 9.97 Å². The van der Waals surface area contributed by atoms with Crippen LogP contribution in [-0.4, -0.2) is 30.4 Å². The van der Waals surface area contributed by atoms with Crippen LogP contribution < -0.4 is 0 Å². The maximum Gasteiger partial charge on any atom is 0.704 e. The smallest absolute Gasteiger partial charge is 0.506 e. The van der Waals surface area contributed by atoms with Gasteiger partial charge in [0.25, 0.3) is 12.7 Å². The Labute approximate surface area is 159 Å². The van der Waals surface area contributed by atoms with E-state index in [0.717, 1.165) is 12.4 Å². The molecule has 0 saturated heterocycles. The zero-order valence-electron chi connectivity index (χ0n) is 14.8. The van der Waals surface area contributed by atoms with E-state index in [0.29, 0.717) is 0 Å². The Morgan fingerprint density at radius 3 is 1.61 bits per heavy atom. The van der Waals surface area contributed by atoms with E-state index in [1.807, 2.05) is 0 Å². The van der Waals surface area contributed by atoms with Crippen LogP contribution in [0.25, 0.3) is 0 Å². The van der Waals surface area contributed by atoms with Crippen LogP contribution >= 0.6 is 8.25 Å². The average Bonchev–Trinajstić information content (AvgIpc) is 2.65. The molecule has 0 aromatic carbocycles. The van der Waals surface area contributed by atoms with Crippen molar-refractivity contribution in [3.63, 3.8) is 0 Å². The molecule has 9 nitrogen and oxygen atoms in total. The van der Waals surface area contributed by atoms with Crippen LogP contribution in [0.1, 0.15) is 46.4 Å². The molecule has 2 atom stereocenters. The van der Waals surface area contributed by atoms with Gasteiger partial charge in [0, 0.05) is 39.2 Å². The van der Waals surface area contributed by atoms with E-state index >= 15 is 0 Å². The number of aliphatic hydroxyl groups is 2. The Balaban J connectivity index is 2.15. The molecule has 0 amide bonds. The van der Waals surface area contributed by atoms with E-state index in [1.165, 1.54) is 13.8 Å². The van der Waals surface area contributed by atoms with E-state index in [1.54, 1.807) is 0 Å². The lowest BCUT2D eigenvalue weighted by Gasteiger charge is -2.12. The van der Waals surface area contributed by atoms with Crippen molar-refractivity contribution < 1.29 is 42.8 Å². The number of rotatable bonds is 8. The molecule has 152 valence electrons. The molecule has 0 aliphatic carbocycles. The van der Waals surface area contributed by atoms with Crippen LogP contribution in [0, 0.1) is 13.8 Å². The number of aromatic nitrogens is 2. The fraction of sp³-hybridized carbons (Fsp3) is 0.375. The first-order valence-electron chi connectivity index (χ1n) is 7.86. The van der Waals surface area contributed by atoms with Gasteiger partial charge in [0.15, 0.2) is 0 Å². The lowest BCUT2D eigenvalue weighted by Crippen LogP contribution is -2.05. The first kappa shape index (κ1) is 22.0. The third-order valence-corrected chi connectivity index (χ3v) is 4.63. The Kier molecular flexibility index (Phi) is 7.28. The van der Waals surface area contributed by atoms with Crippen LogP contribution in [0.4, 0.5) is 8.78 Å². The molecule has 2 unspecified atom stereocenters. The summed E-state index contributed by atoms with van der Waals surface area (Å²) in [5.41, 5.74) is -0.997. The SMILES string of the molecule is Cc1ncc(C(F)O[P+](=O)OC(F)c2cnc(C)c(O)c2CO)c(CO)c1O. The minimum atomic E-state index is -3.36. The van der Waals surface area contributed by atoms with Gasteiger partial charge in [0.1, 0.15) is 11.5 Å². The molecular weight excluding hydrogens is 401 g/mol. The fourth-order valence-corrected chi connectivity index (χ4v) is 2.91. The molecule has 2 aromatic heterocycles. The molecule has 0 saturated carbocycles. The highest BCUT2D eigenvalue weighted by Gasteiger charge is 2.36. The molecule has 2 aromatic rings.